The van der Waals surface area contributed by atoms with Gasteiger partial charge in [-0.25, -0.2) is 4.68 Å². The Kier molecular flexibility index (Phi) is 7.89. The maximum atomic E-state index is 6.36. The Morgan fingerprint density at radius 3 is 2.03 bits per heavy atom. The third-order valence-corrected chi connectivity index (χ3v) is 6.17. The number of benzene rings is 3. The maximum absolute atomic E-state index is 6.36. The van der Waals surface area contributed by atoms with Crippen LogP contribution in [0.25, 0.3) is 0 Å². The summed E-state index contributed by atoms with van der Waals surface area (Å²) in [5.74, 6) is 0.683. The molecular weight excluding hydrogens is 495 g/mol. The summed E-state index contributed by atoms with van der Waals surface area (Å²) in [7, 11) is 0. The lowest BCUT2D eigenvalue weighted by atomic mass is 10.2. The minimum absolute atomic E-state index is 0.364. The maximum Gasteiger partial charge on any atom is 0.175 e. The highest BCUT2D eigenvalue weighted by Crippen LogP contribution is 2.24. The predicted molar refractivity (Wildman–Crippen MR) is 141 cm³/mol. The van der Waals surface area contributed by atoms with Crippen LogP contribution in [-0.4, -0.2) is 19.8 Å². The van der Waals surface area contributed by atoms with Crippen molar-refractivity contribution < 1.29 is 0 Å². The number of thiocarbonyl (C=S) groups is 1. The van der Waals surface area contributed by atoms with Gasteiger partial charge in [-0.2, -0.15) is 5.10 Å². The van der Waals surface area contributed by atoms with Crippen LogP contribution in [0.15, 0.2) is 84.9 Å². The molecule has 1 heterocycles. The summed E-state index contributed by atoms with van der Waals surface area (Å²) >= 11 is 24.4. The van der Waals surface area contributed by atoms with Gasteiger partial charge in [-0.3, -0.25) is 0 Å². The molecule has 0 saturated carbocycles. The molecule has 0 unspecified atom stereocenters. The molecule has 0 radical (unpaired) electrons. The van der Waals surface area contributed by atoms with E-state index in [9.17, 15) is 0 Å². The molecule has 4 rings (SSSR count). The van der Waals surface area contributed by atoms with Gasteiger partial charge in [-0.15, -0.1) is 0 Å². The monoisotopic (exact) mass is 514 g/mol. The molecule has 0 aliphatic heterocycles. The largest absolute Gasteiger partial charge is 0.340 e. The number of nitrogens with zero attached hydrogens (tertiary/aromatic N) is 3. The van der Waals surface area contributed by atoms with Crippen molar-refractivity contribution in [2.24, 2.45) is 0 Å². The molecule has 0 fully saturated rings. The molecule has 0 aliphatic carbocycles. The summed E-state index contributed by atoms with van der Waals surface area (Å²) in [4.78, 5) is 2.11. The summed E-state index contributed by atoms with van der Waals surface area (Å²) in [5.41, 5.74) is 3.20. The lowest BCUT2D eigenvalue weighted by Crippen LogP contribution is -2.34. The fourth-order valence-corrected chi connectivity index (χ4v) is 4.31. The van der Waals surface area contributed by atoms with Crippen LogP contribution >= 0.6 is 47.0 Å². The van der Waals surface area contributed by atoms with Gasteiger partial charge in [0.05, 0.1) is 6.54 Å². The number of halogens is 3. The summed E-state index contributed by atoms with van der Waals surface area (Å²) in [6.45, 7) is 1.74. The lowest BCUT2D eigenvalue weighted by Gasteiger charge is -2.26. The number of rotatable bonds is 7. The first kappa shape index (κ1) is 23.6. The molecule has 0 spiro atoms. The second-order valence-corrected chi connectivity index (χ2v) is 9.12. The summed E-state index contributed by atoms with van der Waals surface area (Å²) in [6.07, 6.45) is 0. The van der Waals surface area contributed by atoms with Gasteiger partial charge in [0.15, 0.2) is 10.3 Å². The van der Waals surface area contributed by atoms with Gasteiger partial charge in [0.25, 0.3) is 0 Å². The normalized spacial score (nSPS) is 10.8. The molecule has 0 amide bonds. The Morgan fingerprint density at radius 2 is 1.45 bits per heavy atom. The third-order valence-electron chi connectivity index (χ3n) is 5.04. The minimum Gasteiger partial charge on any atom is -0.340 e. The van der Waals surface area contributed by atoms with Crippen molar-refractivity contribution in [1.82, 2.24) is 14.7 Å². The van der Waals surface area contributed by atoms with E-state index in [4.69, 9.17) is 47.0 Å². The van der Waals surface area contributed by atoms with E-state index in [-0.39, 0.29) is 0 Å². The average Bonchev–Trinajstić information content (AvgIpc) is 3.15. The first-order valence-corrected chi connectivity index (χ1v) is 11.8. The van der Waals surface area contributed by atoms with Crippen LogP contribution in [0.2, 0.25) is 15.2 Å². The Bertz CT molecular complexity index is 1190. The second-order valence-electron chi connectivity index (χ2n) is 7.50. The van der Waals surface area contributed by atoms with E-state index in [2.05, 4.69) is 39.6 Å². The van der Waals surface area contributed by atoms with E-state index in [0.29, 0.717) is 45.8 Å². The fourth-order valence-electron chi connectivity index (χ4n) is 3.41. The Morgan fingerprint density at radius 1 is 0.848 bits per heavy atom. The van der Waals surface area contributed by atoms with Crippen LogP contribution in [0.1, 0.15) is 16.7 Å². The molecule has 0 saturated heterocycles. The van der Waals surface area contributed by atoms with Crippen LogP contribution in [-0.2, 0) is 19.6 Å². The summed E-state index contributed by atoms with van der Waals surface area (Å²) in [5, 5.41) is 9.81. The van der Waals surface area contributed by atoms with Gasteiger partial charge < -0.3 is 10.2 Å². The number of hydrogen-bond donors (Lipinski definition) is 1. The van der Waals surface area contributed by atoms with Gasteiger partial charge >= 0.3 is 0 Å². The fraction of sp³-hybridized carbons (Fsp3) is 0.120. The minimum atomic E-state index is 0.364. The van der Waals surface area contributed by atoms with Gasteiger partial charge in [0, 0.05) is 29.2 Å². The number of nitrogens with one attached hydrogen (secondary N) is 1. The van der Waals surface area contributed by atoms with Gasteiger partial charge in [0.2, 0.25) is 0 Å². The highest BCUT2D eigenvalue weighted by atomic mass is 35.5. The van der Waals surface area contributed by atoms with Gasteiger partial charge in [-0.1, -0.05) is 102 Å². The van der Waals surface area contributed by atoms with E-state index in [1.54, 1.807) is 22.9 Å². The number of anilines is 1. The van der Waals surface area contributed by atoms with Crippen molar-refractivity contribution >= 4 is 58.0 Å². The molecule has 0 bridgehead atoms. The van der Waals surface area contributed by atoms with Gasteiger partial charge in [-0.05, 0) is 41.0 Å². The highest BCUT2D eigenvalue weighted by molar-refractivity contribution is 7.80. The molecular formula is C25H21Cl3N4S. The van der Waals surface area contributed by atoms with E-state index >= 15 is 0 Å². The molecule has 0 aliphatic rings. The molecule has 168 valence electrons. The van der Waals surface area contributed by atoms with E-state index in [1.807, 2.05) is 42.5 Å². The SMILES string of the molecule is S=C(Nc1cc(Cl)nn1Cc1ccc(Cl)cc1Cl)N(Cc1ccccc1)Cc1ccccc1. The smallest absolute Gasteiger partial charge is 0.175 e. The first-order valence-electron chi connectivity index (χ1n) is 10.3. The van der Waals surface area contributed by atoms with Crippen LogP contribution < -0.4 is 5.32 Å². The van der Waals surface area contributed by atoms with E-state index in [0.717, 1.165) is 16.7 Å². The van der Waals surface area contributed by atoms with Crippen LogP contribution in [0.5, 0.6) is 0 Å². The molecule has 4 nitrogen and oxygen atoms in total. The zero-order valence-corrected chi connectivity index (χ0v) is 20.7. The molecule has 33 heavy (non-hydrogen) atoms. The quantitative estimate of drug-likeness (QED) is 0.262. The third kappa shape index (κ3) is 6.49. The lowest BCUT2D eigenvalue weighted by molar-refractivity contribution is 0.412. The Balaban J connectivity index is 1.56. The zero-order valence-electron chi connectivity index (χ0n) is 17.6. The van der Waals surface area contributed by atoms with Crippen LogP contribution in [0.3, 0.4) is 0 Å². The van der Waals surface area contributed by atoms with Crippen LogP contribution in [0.4, 0.5) is 5.82 Å². The average molecular weight is 516 g/mol. The zero-order chi connectivity index (χ0) is 23.2. The molecule has 3 aromatic carbocycles. The highest BCUT2D eigenvalue weighted by Gasteiger charge is 2.16. The molecule has 1 aromatic heterocycles. The summed E-state index contributed by atoms with van der Waals surface area (Å²) < 4.78 is 1.74. The van der Waals surface area contributed by atoms with Crippen molar-refractivity contribution in [3.05, 3.63) is 117 Å². The van der Waals surface area contributed by atoms with Crippen molar-refractivity contribution in [1.29, 1.82) is 0 Å². The number of aromatic nitrogens is 2. The molecule has 1 N–H and O–H groups in total. The summed E-state index contributed by atoms with van der Waals surface area (Å²) in [6, 6.07) is 27.6. The van der Waals surface area contributed by atoms with Crippen molar-refractivity contribution in [3.63, 3.8) is 0 Å². The van der Waals surface area contributed by atoms with E-state index < -0.39 is 0 Å². The Labute approximate surface area is 213 Å². The number of hydrogen-bond acceptors (Lipinski definition) is 2. The Hall–Kier alpha value is -2.57. The molecule has 0 atom stereocenters. The standard InChI is InChI=1S/C25H21Cl3N4S/c26-21-12-11-20(22(27)13-21)17-32-24(14-23(28)30-32)29-25(33)31(15-18-7-3-1-4-8-18)16-19-9-5-2-6-10-19/h1-14H,15-17H2,(H,29,33). The predicted octanol–water partition coefficient (Wildman–Crippen LogP) is 7.29. The molecule has 4 aromatic rings. The van der Waals surface area contributed by atoms with Crippen molar-refractivity contribution in [2.75, 3.05) is 5.32 Å². The second kappa shape index (κ2) is 11.0. The molecule has 8 heteroatoms. The van der Waals surface area contributed by atoms with Crippen LogP contribution in [0, 0.1) is 0 Å². The topological polar surface area (TPSA) is 33.1 Å². The van der Waals surface area contributed by atoms with Crippen molar-refractivity contribution in [2.45, 2.75) is 19.6 Å². The van der Waals surface area contributed by atoms with Gasteiger partial charge in [0.1, 0.15) is 5.82 Å². The first-order chi connectivity index (χ1) is 16.0. The van der Waals surface area contributed by atoms with E-state index in [1.165, 1.54) is 0 Å². The van der Waals surface area contributed by atoms with Crippen molar-refractivity contribution in [3.8, 4) is 0 Å².